The topological polar surface area (TPSA) is 123 Å². The highest BCUT2D eigenvalue weighted by molar-refractivity contribution is 7.80. The van der Waals surface area contributed by atoms with Crippen molar-refractivity contribution in [2.45, 2.75) is 0 Å². The number of nitrogens with two attached hydrogens (primary N) is 1. The first-order valence-corrected chi connectivity index (χ1v) is 5.01. The van der Waals surface area contributed by atoms with Crippen LogP contribution < -0.4 is 15.9 Å². The standard InChI is InChI=1S/C9H10N4O4S/c1-17-8-6(14)3-2-5(7(8)13(15)16)4-11-12-9(10)18/h2-4,14H,1H3,(H3,10,12,18). The first-order chi connectivity index (χ1) is 8.47. The van der Waals surface area contributed by atoms with E-state index in [4.69, 9.17) is 10.5 Å². The van der Waals surface area contributed by atoms with Crippen LogP contribution in [0.15, 0.2) is 17.2 Å². The molecule has 0 heterocycles. The van der Waals surface area contributed by atoms with E-state index in [1.165, 1.54) is 19.2 Å². The lowest BCUT2D eigenvalue weighted by atomic mass is 10.1. The molecular formula is C9H10N4O4S. The second kappa shape index (κ2) is 5.77. The van der Waals surface area contributed by atoms with Gasteiger partial charge in [0, 0.05) is 0 Å². The maximum Gasteiger partial charge on any atom is 0.323 e. The lowest BCUT2D eigenvalue weighted by Crippen LogP contribution is -2.24. The SMILES string of the molecule is COc1c(O)ccc(C=NNC(N)=S)c1[N+](=O)[O-]. The Bertz CT molecular complexity index is 518. The molecule has 0 aromatic heterocycles. The zero-order valence-corrected chi connectivity index (χ0v) is 10.1. The van der Waals surface area contributed by atoms with Crippen LogP contribution in [-0.2, 0) is 0 Å². The van der Waals surface area contributed by atoms with Crippen LogP contribution in [0.4, 0.5) is 5.69 Å². The van der Waals surface area contributed by atoms with Crippen molar-refractivity contribution in [2.24, 2.45) is 10.8 Å². The molecule has 9 heteroatoms. The number of nitro groups is 1. The van der Waals surface area contributed by atoms with E-state index in [2.05, 4.69) is 22.7 Å². The van der Waals surface area contributed by atoms with E-state index in [0.29, 0.717) is 0 Å². The third kappa shape index (κ3) is 3.04. The summed E-state index contributed by atoms with van der Waals surface area (Å²) in [5, 5.41) is 23.9. The van der Waals surface area contributed by atoms with Crippen LogP contribution in [0.5, 0.6) is 11.5 Å². The number of hydrogen-bond donors (Lipinski definition) is 3. The van der Waals surface area contributed by atoms with Crippen molar-refractivity contribution in [3.63, 3.8) is 0 Å². The van der Waals surface area contributed by atoms with E-state index in [0.717, 1.165) is 6.21 Å². The maximum atomic E-state index is 10.9. The number of hydrazone groups is 1. The Morgan fingerprint density at radius 3 is 2.89 bits per heavy atom. The zero-order chi connectivity index (χ0) is 13.7. The van der Waals surface area contributed by atoms with Gasteiger partial charge in [-0.25, -0.2) is 0 Å². The molecule has 0 radical (unpaired) electrons. The Morgan fingerprint density at radius 2 is 2.39 bits per heavy atom. The number of benzene rings is 1. The van der Waals surface area contributed by atoms with E-state index < -0.39 is 10.6 Å². The molecule has 1 rings (SSSR count). The van der Waals surface area contributed by atoms with Crippen LogP contribution >= 0.6 is 12.2 Å². The number of thiocarbonyl (C=S) groups is 1. The van der Waals surface area contributed by atoms with Gasteiger partial charge in [-0.05, 0) is 24.4 Å². The molecule has 96 valence electrons. The number of hydrogen-bond acceptors (Lipinski definition) is 6. The minimum atomic E-state index is -0.680. The van der Waals surface area contributed by atoms with Gasteiger partial charge in [-0.2, -0.15) is 5.10 Å². The molecule has 1 aromatic carbocycles. The Morgan fingerprint density at radius 1 is 1.72 bits per heavy atom. The van der Waals surface area contributed by atoms with Gasteiger partial charge in [-0.3, -0.25) is 15.5 Å². The molecule has 0 aliphatic rings. The Kier molecular flexibility index (Phi) is 4.38. The Labute approximate surface area is 107 Å². The maximum absolute atomic E-state index is 10.9. The lowest BCUT2D eigenvalue weighted by molar-refractivity contribution is -0.385. The highest BCUT2D eigenvalue weighted by Gasteiger charge is 2.23. The lowest BCUT2D eigenvalue weighted by Gasteiger charge is -2.05. The average Bonchev–Trinajstić information content (AvgIpc) is 2.29. The largest absolute Gasteiger partial charge is 0.504 e. The molecule has 4 N–H and O–H groups in total. The smallest absolute Gasteiger partial charge is 0.323 e. The molecule has 0 amide bonds. The summed E-state index contributed by atoms with van der Waals surface area (Å²) < 4.78 is 4.78. The molecule has 0 aliphatic carbocycles. The van der Waals surface area contributed by atoms with Crippen LogP contribution in [-0.4, -0.2) is 28.5 Å². The van der Waals surface area contributed by atoms with E-state index in [9.17, 15) is 15.2 Å². The van der Waals surface area contributed by atoms with Crippen molar-refractivity contribution in [3.05, 3.63) is 27.8 Å². The molecule has 0 spiro atoms. The van der Waals surface area contributed by atoms with Crippen LogP contribution in [0, 0.1) is 10.1 Å². The summed E-state index contributed by atoms with van der Waals surface area (Å²) in [6.45, 7) is 0. The second-order valence-electron chi connectivity index (χ2n) is 3.05. The van der Waals surface area contributed by atoms with Gasteiger partial charge in [0.2, 0.25) is 5.75 Å². The average molecular weight is 270 g/mol. The van der Waals surface area contributed by atoms with E-state index in [1.54, 1.807) is 0 Å². The fourth-order valence-corrected chi connectivity index (χ4v) is 1.29. The van der Waals surface area contributed by atoms with Gasteiger partial charge in [0.05, 0.1) is 23.8 Å². The van der Waals surface area contributed by atoms with Crippen molar-refractivity contribution >= 4 is 29.2 Å². The van der Waals surface area contributed by atoms with Crippen LogP contribution in [0.2, 0.25) is 0 Å². The summed E-state index contributed by atoms with van der Waals surface area (Å²) in [6, 6.07) is 2.58. The molecule has 0 aliphatic heterocycles. The number of nitrogens with one attached hydrogen (secondary N) is 1. The van der Waals surface area contributed by atoms with Crippen LogP contribution in [0.1, 0.15) is 5.56 Å². The van der Waals surface area contributed by atoms with E-state index in [-0.39, 0.29) is 22.2 Å². The Balaban J connectivity index is 3.23. The summed E-state index contributed by atoms with van der Waals surface area (Å²) in [4.78, 5) is 10.3. The minimum Gasteiger partial charge on any atom is -0.504 e. The number of nitrogens with zero attached hydrogens (tertiary/aromatic N) is 2. The highest BCUT2D eigenvalue weighted by atomic mass is 32.1. The molecule has 8 nitrogen and oxygen atoms in total. The van der Waals surface area contributed by atoms with Gasteiger partial charge in [-0.15, -0.1) is 0 Å². The minimum absolute atomic E-state index is 0.0698. The predicted octanol–water partition coefficient (Wildman–Crippen LogP) is 0.476. The molecule has 0 bridgehead atoms. The van der Waals surface area contributed by atoms with Crippen molar-refractivity contribution in [1.82, 2.24) is 5.43 Å². The third-order valence-electron chi connectivity index (χ3n) is 1.91. The predicted molar refractivity (Wildman–Crippen MR) is 68.8 cm³/mol. The van der Waals surface area contributed by atoms with E-state index in [1.807, 2.05) is 0 Å². The molecule has 1 aromatic rings. The first-order valence-electron chi connectivity index (χ1n) is 4.60. The fraction of sp³-hybridized carbons (Fsp3) is 0.111. The van der Waals surface area contributed by atoms with Gasteiger partial charge in [0.25, 0.3) is 0 Å². The number of methoxy groups -OCH3 is 1. The van der Waals surface area contributed by atoms with Gasteiger partial charge in [0.1, 0.15) is 0 Å². The number of rotatable bonds is 4. The van der Waals surface area contributed by atoms with Crippen molar-refractivity contribution in [1.29, 1.82) is 0 Å². The molecule has 0 unspecified atom stereocenters. The summed E-state index contributed by atoms with van der Waals surface area (Å²) in [6.07, 6.45) is 1.15. The van der Waals surface area contributed by atoms with Crippen molar-refractivity contribution < 1.29 is 14.8 Å². The summed E-state index contributed by atoms with van der Waals surface area (Å²) in [7, 11) is 1.22. The van der Waals surface area contributed by atoms with Gasteiger partial charge in [0.15, 0.2) is 10.9 Å². The molecule has 0 saturated heterocycles. The summed E-state index contributed by atoms with van der Waals surface area (Å²) in [5.74, 6) is -0.567. The molecule has 0 fully saturated rings. The number of aromatic hydroxyl groups is 1. The fourth-order valence-electron chi connectivity index (χ4n) is 1.23. The zero-order valence-electron chi connectivity index (χ0n) is 9.28. The van der Waals surface area contributed by atoms with E-state index >= 15 is 0 Å². The number of ether oxygens (including phenoxy) is 1. The van der Waals surface area contributed by atoms with Gasteiger partial charge < -0.3 is 15.6 Å². The third-order valence-corrected chi connectivity index (χ3v) is 2.00. The molecular weight excluding hydrogens is 260 g/mol. The molecule has 0 atom stereocenters. The molecule has 18 heavy (non-hydrogen) atoms. The number of nitro benzene ring substituents is 1. The normalized spacial score (nSPS) is 10.3. The molecule has 0 saturated carbocycles. The number of phenols is 1. The quantitative estimate of drug-likeness (QED) is 0.314. The second-order valence-corrected chi connectivity index (χ2v) is 3.49. The number of phenolic OH excluding ortho intramolecular Hbond substituents is 1. The summed E-state index contributed by atoms with van der Waals surface area (Å²) in [5.41, 5.74) is 7.15. The van der Waals surface area contributed by atoms with Gasteiger partial charge in [-0.1, -0.05) is 0 Å². The van der Waals surface area contributed by atoms with Gasteiger partial charge >= 0.3 is 5.69 Å². The monoisotopic (exact) mass is 270 g/mol. The summed E-state index contributed by atoms with van der Waals surface area (Å²) >= 11 is 4.52. The van der Waals surface area contributed by atoms with Crippen LogP contribution in [0.25, 0.3) is 0 Å². The van der Waals surface area contributed by atoms with Crippen LogP contribution in [0.3, 0.4) is 0 Å². The first kappa shape index (κ1) is 13.6. The van der Waals surface area contributed by atoms with Crippen molar-refractivity contribution in [2.75, 3.05) is 7.11 Å². The van der Waals surface area contributed by atoms with Crippen molar-refractivity contribution in [3.8, 4) is 11.5 Å². The Hall–Kier alpha value is -2.42. The highest BCUT2D eigenvalue weighted by Crippen LogP contribution is 2.37.